The third kappa shape index (κ3) is 6.08. The Hall–Kier alpha value is -1.06. The summed E-state index contributed by atoms with van der Waals surface area (Å²) in [4.78, 5) is 0. The van der Waals surface area contributed by atoms with E-state index in [1.807, 2.05) is 18.2 Å². The van der Waals surface area contributed by atoms with E-state index in [2.05, 4.69) is 18.4 Å². The summed E-state index contributed by atoms with van der Waals surface area (Å²) in [7, 11) is 0. The van der Waals surface area contributed by atoms with E-state index in [1.165, 1.54) is 44.9 Å². The Bertz CT molecular complexity index is 339. The number of rotatable bonds is 10. The molecule has 0 bridgehead atoms. The van der Waals surface area contributed by atoms with Gasteiger partial charge in [-0.15, -0.1) is 0 Å². The summed E-state index contributed by atoms with van der Waals surface area (Å²) in [6.45, 7) is 2.25. The van der Waals surface area contributed by atoms with Crippen LogP contribution in [0.2, 0.25) is 0 Å². The van der Waals surface area contributed by atoms with Crippen molar-refractivity contribution in [2.24, 2.45) is 5.84 Å². The van der Waals surface area contributed by atoms with Crippen molar-refractivity contribution in [3.05, 3.63) is 29.8 Å². The molecule has 0 amide bonds. The number of hydrogen-bond donors (Lipinski definition) is 3. The van der Waals surface area contributed by atoms with Crippen LogP contribution in [0.15, 0.2) is 24.3 Å². The highest BCUT2D eigenvalue weighted by Gasteiger charge is 2.11. The molecule has 0 radical (unpaired) electrons. The molecule has 0 aliphatic heterocycles. The van der Waals surface area contributed by atoms with Crippen molar-refractivity contribution >= 4 is 5.69 Å². The Labute approximate surface area is 117 Å². The quantitative estimate of drug-likeness (QED) is 0.259. The second-order valence-corrected chi connectivity index (χ2v) is 5.26. The number of nitrogens with two attached hydrogens (primary N) is 2. The van der Waals surface area contributed by atoms with E-state index < -0.39 is 0 Å². The maximum absolute atomic E-state index is 5.99. The number of unbranched alkanes of at least 4 members (excludes halogenated alkanes) is 6. The molecule has 0 heterocycles. The van der Waals surface area contributed by atoms with Crippen molar-refractivity contribution in [2.45, 2.75) is 64.3 Å². The normalized spacial score (nSPS) is 12.5. The molecular formula is C16H29N3. The smallest absolute Gasteiger partial charge is 0.0480 e. The van der Waals surface area contributed by atoms with Crippen LogP contribution in [0.5, 0.6) is 0 Å². The van der Waals surface area contributed by atoms with Crippen LogP contribution < -0.4 is 17.0 Å². The summed E-state index contributed by atoms with van der Waals surface area (Å²) in [6.07, 6.45) is 10.3. The van der Waals surface area contributed by atoms with Crippen LogP contribution in [-0.2, 0) is 0 Å². The molecule has 5 N–H and O–H groups in total. The monoisotopic (exact) mass is 263 g/mol. The van der Waals surface area contributed by atoms with Gasteiger partial charge in [0.05, 0.1) is 0 Å². The molecule has 0 spiro atoms. The van der Waals surface area contributed by atoms with Crippen LogP contribution in [0.4, 0.5) is 5.69 Å². The first-order valence-corrected chi connectivity index (χ1v) is 7.60. The molecule has 108 valence electrons. The van der Waals surface area contributed by atoms with Gasteiger partial charge in [-0.3, -0.25) is 11.3 Å². The summed E-state index contributed by atoms with van der Waals surface area (Å²) in [6, 6.07) is 8.14. The molecule has 1 atom stereocenters. The average Bonchev–Trinajstić information content (AvgIpc) is 2.43. The van der Waals surface area contributed by atoms with E-state index in [9.17, 15) is 0 Å². The third-order valence-corrected chi connectivity index (χ3v) is 3.67. The minimum absolute atomic E-state index is 0.178. The summed E-state index contributed by atoms with van der Waals surface area (Å²) in [5.74, 6) is 5.65. The first kappa shape index (κ1) is 16.0. The molecule has 1 unspecified atom stereocenters. The van der Waals surface area contributed by atoms with Crippen molar-refractivity contribution in [1.82, 2.24) is 5.43 Å². The molecule has 1 aromatic rings. The minimum atomic E-state index is 0.178. The van der Waals surface area contributed by atoms with E-state index in [1.54, 1.807) is 0 Å². The highest BCUT2D eigenvalue weighted by Crippen LogP contribution is 2.24. The molecule has 0 fully saturated rings. The van der Waals surface area contributed by atoms with Crippen molar-refractivity contribution in [3.8, 4) is 0 Å². The van der Waals surface area contributed by atoms with E-state index in [0.29, 0.717) is 0 Å². The maximum Gasteiger partial charge on any atom is 0.0480 e. The van der Waals surface area contributed by atoms with Gasteiger partial charge in [-0.25, -0.2) is 0 Å². The fraction of sp³-hybridized carbons (Fsp3) is 0.625. The van der Waals surface area contributed by atoms with Crippen molar-refractivity contribution in [3.63, 3.8) is 0 Å². The number of benzene rings is 1. The van der Waals surface area contributed by atoms with E-state index in [4.69, 9.17) is 11.6 Å². The van der Waals surface area contributed by atoms with Gasteiger partial charge in [-0.1, -0.05) is 70.1 Å². The van der Waals surface area contributed by atoms with Gasteiger partial charge in [0.1, 0.15) is 0 Å². The van der Waals surface area contributed by atoms with Gasteiger partial charge in [0.25, 0.3) is 0 Å². The van der Waals surface area contributed by atoms with Gasteiger partial charge in [-0.05, 0) is 18.1 Å². The number of para-hydroxylation sites is 1. The van der Waals surface area contributed by atoms with E-state index in [0.717, 1.165) is 17.7 Å². The molecule has 0 saturated carbocycles. The van der Waals surface area contributed by atoms with Crippen molar-refractivity contribution in [2.75, 3.05) is 5.73 Å². The van der Waals surface area contributed by atoms with Crippen LogP contribution in [0, 0.1) is 0 Å². The standard InChI is InChI=1S/C16H29N3/c1-2-3-4-5-6-7-8-13-16(19-18)14-11-9-10-12-15(14)17/h9-12,16,19H,2-8,13,17-18H2,1H3. The van der Waals surface area contributed by atoms with Crippen molar-refractivity contribution in [1.29, 1.82) is 0 Å². The first-order valence-electron chi connectivity index (χ1n) is 7.60. The molecular weight excluding hydrogens is 234 g/mol. The van der Waals surface area contributed by atoms with Gasteiger partial charge < -0.3 is 5.73 Å². The fourth-order valence-corrected chi connectivity index (χ4v) is 2.46. The summed E-state index contributed by atoms with van der Waals surface area (Å²) in [5.41, 5.74) is 10.8. The minimum Gasteiger partial charge on any atom is -0.398 e. The zero-order valence-corrected chi connectivity index (χ0v) is 12.2. The number of hydrazine groups is 1. The predicted octanol–water partition coefficient (Wildman–Crippen LogP) is 3.91. The van der Waals surface area contributed by atoms with E-state index >= 15 is 0 Å². The topological polar surface area (TPSA) is 64.1 Å². The number of anilines is 1. The lowest BCUT2D eigenvalue weighted by atomic mass is 9.99. The summed E-state index contributed by atoms with van der Waals surface area (Å²) in [5, 5.41) is 0. The molecule has 0 aliphatic carbocycles. The molecule has 0 saturated heterocycles. The SMILES string of the molecule is CCCCCCCCCC(NN)c1ccccc1N. The second kappa shape index (κ2) is 9.82. The average molecular weight is 263 g/mol. The molecule has 19 heavy (non-hydrogen) atoms. The zero-order chi connectivity index (χ0) is 13.9. The lowest BCUT2D eigenvalue weighted by molar-refractivity contribution is 0.477. The number of nitrogens with one attached hydrogen (secondary N) is 1. The molecule has 3 heteroatoms. The maximum atomic E-state index is 5.99. The molecule has 0 aliphatic rings. The lowest BCUT2D eigenvalue weighted by Crippen LogP contribution is -2.28. The Balaban J connectivity index is 2.24. The first-order chi connectivity index (χ1) is 9.29. The summed E-state index contributed by atoms with van der Waals surface area (Å²) >= 11 is 0. The molecule has 1 rings (SSSR count). The second-order valence-electron chi connectivity index (χ2n) is 5.26. The van der Waals surface area contributed by atoms with Crippen LogP contribution in [0.1, 0.15) is 69.9 Å². The number of nitrogen functional groups attached to an aromatic ring is 1. The molecule has 1 aromatic carbocycles. The highest BCUT2D eigenvalue weighted by atomic mass is 15.2. The van der Waals surface area contributed by atoms with Crippen LogP contribution in [-0.4, -0.2) is 0 Å². The highest BCUT2D eigenvalue weighted by molar-refractivity contribution is 5.48. The van der Waals surface area contributed by atoms with Crippen LogP contribution in [0.3, 0.4) is 0 Å². The van der Waals surface area contributed by atoms with Crippen LogP contribution in [0.25, 0.3) is 0 Å². The Morgan fingerprint density at radius 1 is 1.00 bits per heavy atom. The Kier molecular flexibility index (Phi) is 8.26. The van der Waals surface area contributed by atoms with Gasteiger partial charge in [0, 0.05) is 11.7 Å². The zero-order valence-electron chi connectivity index (χ0n) is 12.2. The van der Waals surface area contributed by atoms with Gasteiger partial charge in [-0.2, -0.15) is 0 Å². The number of hydrogen-bond acceptors (Lipinski definition) is 3. The third-order valence-electron chi connectivity index (χ3n) is 3.67. The fourth-order valence-electron chi connectivity index (χ4n) is 2.46. The van der Waals surface area contributed by atoms with E-state index in [-0.39, 0.29) is 6.04 Å². The Morgan fingerprint density at radius 2 is 1.63 bits per heavy atom. The molecule has 0 aromatic heterocycles. The Morgan fingerprint density at radius 3 is 2.26 bits per heavy atom. The predicted molar refractivity (Wildman–Crippen MR) is 83.5 cm³/mol. The van der Waals surface area contributed by atoms with Gasteiger partial charge in [0.15, 0.2) is 0 Å². The van der Waals surface area contributed by atoms with Gasteiger partial charge in [0.2, 0.25) is 0 Å². The lowest BCUT2D eigenvalue weighted by Gasteiger charge is -2.18. The van der Waals surface area contributed by atoms with Crippen molar-refractivity contribution < 1.29 is 0 Å². The van der Waals surface area contributed by atoms with Crippen LogP contribution >= 0.6 is 0 Å². The largest absolute Gasteiger partial charge is 0.398 e. The van der Waals surface area contributed by atoms with Gasteiger partial charge >= 0.3 is 0 Å². The summed E-state index contributed by atoms with van der Waals surface area (Å²) < 4.78 is 0. The molecule has 3 nitrogen and oxygen atoms in total.